The first-order valence-corrected chi connectivity index (χ1v) is 7.22. The number of benzene rings is 1. The number of hydrogen-bond acceptors (Lipinski definition) is 6. The van der Waals surface area contributed by atoms with Crippen LogP contribution >= 0.6 is 0 Å². The van der Waals surface area contributed by atoms with Crippen molar-refractivity contribution >= 4 is 29.6 Å². The van der Waals surface area contributed by atoms with Gasteiger partial charge in [-0.15, -0.1) is 0 Å². The Labute approximate surface area is 139 Å². The van der Waals surface area contributed by atoms with Crippen molar-refractivity contribution in [3.05, 3.63) is 36.0 Å². The summed E-state index contributed by atoms with van der Waals surface area (Å²) in [5, 5.41) is 14.5. The van der Waals surface area contributed by atoms with Crippen LogP contribution in [0.3, 0.4) is 0 Å². The lowest BCUT2D eigenvalue weighted by atomic mass is 10.2. The average Bonchev–Trinajstić information content (AvgIpc) is 2.56. The SMILES string of the molecule is CC(=O)N(C(=O)/C(C#N)=C\NCCCNC=O)c1ccc(N)cc1. The second-order valence-corrected chi connectivity index (χ2v) is 4.80. The molecule has 0 aliphatic heterocycles. The van der Waals surface area contributed by atoms with Crippen molar-refractivity contribution in [2.24, 2.45) is 0 Å². The van der Waals surface area contributed by atoms with E-state index in [4.69, 9.17) is 11.0 Å². The Balaban J connectivity index is 2.84. The summed E-state index contributed by atoms with van der Waals surface area (Å²) in [5.41, 5.74) is 6.22. The van der Waals surface area contributed by atoms with E-state index in [9.17, 15) is 14.4 Å². The number of imide groups is 1. The van der Waals surface area contributed by atoms with Gasteiger partial charge in [0.15, 0.2) is 0 Å². The zero-order chi connectivity index (χ0) is 17.9. The third-order valence-corrected chi connectivity index (χ3v) is 2.99. The predicted octanol–water partition coefficient (Wildman–Crippen LogP) is 0.281. The van der Waals surface area contributed by atoms with Crippen molar-refractivity contribution in [1.29, 1.82) is 5.26 Å². The normalized spacial score (nSPS) is 10.4. The molecule has 0 radical (unpaired) electrons. The first-order chi connectivity index (χ1) is 11.5. The van der Waals surface area contributed by atoms with E-state index in [0.717, 1.165) is 4.90 Å². The van der Waals surface area contributed by atoms with Gasteiger partial charge in [0.05, 0.1) is 5.69 Å². The summed E-state index contributed by atoms with van der Waals surface area (Å²) >= 11 is 0. The molecule has 1 rings (SSSR count). The van der Waals surface area contributed by atoms with Gasteiger partial charge in [-0.1, -0.05) is 0 Å². The highest BCUT2D eigenvalue weighted by Gasteiger charge is 2.23. The predicted molar refractivity (Wildman–Crippen MR) is 89.4 cm³/mol. The number of carbonyl (C=O) groups is 3. The standard InChI is InChI=1S/C16H19N5O3/c1-12(23)21(15-5-3-14(18)4-6-15)16(24)13(9-17)10-19-7-2-8-20-11-22/h3-6,10-11,19H,2,7-8,18H2,1H3,(H,20,22)/b13-10-. The molecule has 126 valence electrons. The fraction of sp³-hybridized carbons (Fsp3) is 0.250. The molecule has 1 aromatic carbocycles. The van der Waals surface area contributed by atoms with E-state index in [1.54, 1.807) is 18.2 Å². The van der Waals surface area contributed by atoms with E-state index in [1.165, 1.54) is 25.3 Å². The van der Waals surface area contributed by atoms with Crippen LogP contribution in [0.4, 0.5) is 11.4 Å². The molecule has 0 aromatic heterocycles. The van der Waals surface area contributed by atoms with E-state index in [0.29, 0.717) is 37.3 Å². The summed E-state index contributed by atoms with van der Waals surface area (Å²) < 4.78 is 0. The van der Waals surface area contributed by atoms with Gasteiger partial charge in [0, 0.05) is 31.9 Å². The monoisotopic (exact) mass is 329 g/mol. The minimum Gasteiger partial charge on any atom is -0.399 e. The highest BCUT2D eigenvalue weighted by molar-refractivity contribution is 6.21. The smallest absolute Gasteiger partial charge is 0.277 e. The summed E-state index contributed by atoms with van der Waals surface area (Å²) in [5.74, 6) is -1.24. The lowest BCUT2D eigenvalue weighted by molar-refractivity contribution is -0.123. The minimum absolute atomic E-state index is 0.203. The maximum absolute atomic E-state index is 12.5. The number of anilines is 2. The third-order valence-electron chi connectivity index (χ3n) is 2.99. The molecule has 4 N–H and O–H groups in total. The Morgan fingerprint density at radius 1 is 1.25 bits per heavy atom. The van der Waals surface area contributed by atoms with Crippen molar-refractivity contribution in [3.63, 3.8) is 0 Å². The molecule has 0 saturated carbocycles. The van der Waals surface area contributed by atoms with Crippen molar-refractivity contribution in [1.82, 2.24) is 10.6 Å². The highest BCUT2D eigenvalue weighted by atomic mass is 16.2. The minimum atomic E-state index is -0.728. The van der Waals surface area contributed by atoms with E-state index in [2.05, 4.69) is 10.6 Å². The zero-order valence-corrected chi connectivity index (χ0v) is 13.3. The van der Waals surface area contributed by atoms with Gasteiger partial charge >= 0.3 is 0 Å². The molecule has 8 heteroatoms. The molecule has 0 fully saturated rings. The number of carbonyl (C=O) groups excluding carboxylic acids is 3. The molecular formula is C16H19N5O3. The molecule has 8 nitrogen and oxygen atoms in total. The molecule has 0 aliphatic carbocycles. The number of amides is 3. The largest absolute Gasteiger partial charge is 0.399 e. The van der Waals surface area contributed by atoms with Crippen LogP contribution in [0.15, 0.2) is 36.0 Å². The van der Waals surface area contributed by atoms with E-state index in [-0.39, 0.29) is 5.57 Å². The number of rotatable bonds is 8. The van der Waals surface area contributed by atoms with Crippen LogP contribution in [-0.2, 0) is 14.4 Å². The molecule has 0 aliphatic rings. The van der Waals surface area contributed by atoms with Crippen molar-refractivity contribution < 1.29 is 14.4 Å². The maximum Gasteiger partial charge on any atom is 0.277 e. The highest BCUT2D eigenvalue weighted by Crippen LogP contribution is 2.18. The number of nitriles is 1. The number of nitrogens with one attached hydrogen (secondary N) is 2. The molecule has 0 bridgehead atoms. The van der Waals surface area contributed by atoms with Crippen molar-refractivity contribution in [2.45, 2.75) is 13.3 Å². The fourth-order valence-corrected chi connectivity index (χ4v) is 1.85. The first-order valence-electron chi connectivity index (χ1n) is 7.22. The van der Waals surface area contributed by atoms with E-state index in [1.807, 2.05) is 0 Å². The molecule has 0 heterocycles. The second-order valence-electron chi connectivity index (χ2n) is 4.80. The quantitative estimate of drug-likeness (QED) is 0.207. The van der Waals surface area contributed by atoms with Gasteiger partial charge in [-0.2, -0.15) is 5.26 Å². The molecule has 1 aromatic rings. The number of hydrogen-bond donors (Lipinski definition) is 3. The first kappa shape index (κ1) is 18.7. The summed E-state index contributed by atoms with van der Waals surface area (Å²) in [6.07, 6.45) is 2.48. The Hall–Kier alpha value is -3.34. The topological polar surface area (TPSA) is 128 Å². The molecule has 3 amide bonds. The lowest BCUT2D eigenvalue weighted by Gasteiger charge is -2.19. The number of nitrogen functional groups attached to an aromatic ring is 1. The van der Waals surface area contributed by atoms with Crippen LogP contribution in [0.2, 0.25) is 0 Å². The van der Waals surface area contributed by atoms with Gasteiger partial charge in [-0.05, 0) is 30.7 Å². The Morgan fingerprint density at radius 3 is 2.42 bits per heavy atom. The molecule has 24 heavy (non-hydrogen) atoms. The van der Waals surface area contributed by atoms with Gasteiger partial charge in [-0.3, -0.25) is 14.4 Å². The molecule has 0 saturated heterocycles. The Morgan fingerprint density at radius 2 is 1.88 bits per heavy atom. The number of nitrogens with zero attached hydrogens (tertiary/aromatic N) is 2. The van der Waals surface area contributed by atoms with Crippen LogP contribution in [0, 0.1) is 11.3 Å². The average molecular weight is 329 g/mol. The summed E-state index contributed by atoms with van der Waals surface area (Å²) in [4.78, 5) is 35.3. The Kier molecular flexibility index (Phi) is 7.51. The van der Waals surface area contributed by atoms with Crippen LogP contribution in [0.1, 0.15) is 13.3 Å². The Bertz CT molecular complexity index is 661. The summed E-state index contributed by atoms with van der Waals surface area (Å²) in [6, 6.07) is 7.96. The molecule has 0 spiro atoms. The fourth-order valence-electron chi connectivity index (χ4n) is 1.85. The van der Waals surface area contributed by atoms with Crippen LogP contribution < -0.4 is 21.3 Å². The van der Waals surface area contributed by atoms with Crippen LogP contribution in [-0.4, -0.2) is 31.3 Å². The van der Waals surface area contributed by atoms with Crippen LogP contribution in [0.5, 0.6) is 0 Å². The van der Waals surface area contributed by atoms with Crippen LogP contribution in [0.25, 0.3) is 0 Å². The van der Waals surface area contributed by atoms with Gasteiger partial charge in [0.2, 0.25) is 12.3 Å². The summed E-state index contributed by atoms with van der Waals surface area (Å²) in [6.45, 7) is 2.17. The number of nitrogens with two attached hydrogens (primary N) is 1. The molecular weight excluding hydrogens is 310 g/mol. The van der Waals surface area contributed by atoms with Crippen molar-refractivity contribution in [2.75, 3.05) is 23.7 Å². The maximum atomic E-state index is 12.5. The van der Waals surface area contributed by atoms with Gasteiger partial charge in [-0.25, -0.2) is 4.90 Å². The van der Waals surface area contributed by atoms with Gasteiger partial charge in [0.25, 0.3) is 5.91 Å². The van der Waals surface area contributed by atoms with Gasteiger partial charge < -0.3 is 16.4 Å². The van der Waals surface area contributed by atoms with E-state index < -0.39 is 11.8 Å². The lowest BCUT2D eigenvalue weighted by Crippen LogP contribution is -2.36. The molecule has 0 unspecified atom stereocenters. The summed E-state index contributed by atoms with van der Waals surface area (Å²) in [7, 11) is 0. The van der Waals surface area contributed by atoms with E-state index >= 15 is 0 Å². The van der Waals surface area contributed by atoms with Gasteiger partial charge in [0.1, 0.15) is 11.6 Å². The van der Waals surface area contributed by atoms with Crippen molar-refractivity contribution in [3.8, 4) is 6.07 Å². The third kappa shape index (κ3) is 5.46. The second kappa shape index (κ2) is 9.63. The zero-order valence-electron chi connectivity index (χ0n) is 13.3. The molecule has 0 atom stereocenters.